The molecule has 0 aliphatic carbocycles. The fourth-order valence-corrected chi connectivity index (χ4v) is 7.17. The largest absolute Gasteiger partial charge is 0.342 e. The number of nitrogens with one attached hydrogen (secondary N) is 2. The lowest BCUT2D eigenvalue weighted by Crippen LogP contribution is -2.52. The third-order valence-electron chi connectivity index (χ3n) is 7.23. The van der Waals surface area contributed by atoms with Crippen LogP contribution in [0, 0.1) is 10.1 Å². The third-order valence-corrected chi connectivity index (χ3v) is 10.6. The van der Waals surface area contributed by atoms with E-state index in [9.17, 15) is 37.7 Å². The number of carbonyl (C=O) groups excluding carboxylic acids is 4. The summed E-state index contributed by atoms with van der Waals surface area (Å²) >= 11 is 15.7. The highest BCUT2D eigenvalue weighted by Crippen LogP contribution is 2.33. The molecule has 0 bridgehead atoms. The molecular formula is C33H23BrCl2N4O8S2. The number of hydrogen-bond donors (Lipinski definition) is 2. The van der Waals surface area contributed by atoms with Crippen LogP contribution in [-0.2, 0) is 30.8 Å². The van der Waals surface area contributed by atoms with Crippen LogP contribution in [0.25, 0.3) is 17.2 Å². The minimum Gasteiger partial charge on any atom is -0.342 e. The Kier molecular flexibility index (Phi) is 11.4. The molecule has 1 fully saturated rings. The van der Waals surface area contributed by atoms with E-state index in [1.807, 2.05) is 29.0 Å². The molecule has 0 saturated carbocycles. The first-order chi connectivity index (χ1) is 23.7. The molecule has 0 aromatic heterocycles. The van der Waals surface area contributed by atoms with Gasteiger partial charge in [0, 0.05) is 22.0 Å². The smallest absolute Gasteiger partial charge is 0.294 e. The number of nitro groups is 1. The molecule has 2 N–H and O–H groups in total. The average Bonchev–Trinajstić information content (AvgIpc) is 3.33. The van der Waals surface area contributed by atoms with E-state index in [2.05, 4.69) is 21.2 Å². The molecule has 0 unspecified atom stereocenters. The van der Waals surface area contributed by atoms with E-state index in [0.717, 1.165) is 27.7 Å². The summed E-state index contributed by atoms with van der Waals surface area (Å²) in [4.78, 5) is 63.1. The number of carbonyl (C=O) groups is 4. The van der Waals surface area contributed by atoms with E-state index in [0.29, 0.717) is 38.9 Å². The summed E-state index contributed by atoms with van der Waals surface area (Å²) in [5.74, 6) is -2.81. The van der Waals surface area contributed by atoms with Crippen LogP contribution in [0.5, 0.6) is 0 Å². The maximum absolute atomic E-state index is 13.3. The molecular weight excluding hydrogens is 795 g/mol. The average molecular weight is 819 g/mol. The molecule has 12 nitrogen and oxygen atoms in total. The molecule has 0 radical (unpaired) electrons. The molecule has 4 aromatic carbocycles. The van der Waals surface area contributed by atoms with E-state index in [1.54, 1.807) is 48.5 Å². The van der Waals surface area contributed by atoms with Gasteiger partial charge in [-0.15, -0.1) is 0 Å². The van der Waals surface area contributed by atoms with Crippen LogP contribution in [-0.4, -0.2) is 53.8 Å². The predicted octanol–water partition coefficient (Wildman–Crippen LogP) is 6.60. The van der Waals surface area contributed by atoms with Crippen LogP contribution in [0.3, 0.4) is 0 Å². The van der Waals surface area contributed by atoms with E-state index in [4.69, 9.17) is 23.2 Å². The van der Waals surface area contributed by atoms with E-state index in [-0.39, 0.29) is 16.3 Å². The third kappa shape index (κ3) is 8.97. The first-order valence-electron chi connectivity index (χ1n) is 14.4. The molecule has 1 aliphatic heterocycles. The van der Waals surface area contributed by atoms with Crippen LogP contribution >= 0.6 is 50.9 Å². The summed E-state index contributed by atoms with van der Waals surface area (Å²) < 4.78 is 28.6. The van der Waals surface area contributed by atoms with Gasteiger partial charge >= 0.3 is 0 Å². The Hall–Kier alpha value is -4.54. The van der Waals surface area contributed by atoms with Crippen LogP contribution in [0.1, 0.15) is 11.1 Å². The molecule has 17 heteroatoms. The normalized spacial score (nSPS) is 14.5. The Morgan fingerprint density at radius 3 is 2.18 bits per heavy atom. The van der Waals surface area contributed by atoms with Crippen molar-refractivity contribution in [2.24, 2.45) is 0 Å². The number of sulfonamides is 1. The number of rotatable bonds is 11. The van der Waals surface area contributed by atoms with E-state index in [1.165, 1.54) is 6.08 Å². The molecule has 256 valence electrons. The SMILES string of the molecule is O=C(CN1C(=O)SC(=Cc2ccc(-c3ccc(Cl)cc3)cc2)C1=O)N[C@@H](Cc1ccc(Br)cc1)C(=O)NS(=O)(=O)c1ccc(Cl)c([N+](=O)[O-])c1. The maximum atomic E-state index is 13.3. The fraction of sp³-hybridized carbons (Fsp3) is 0.0909. The van der Waals surface area contributed by atoms with Crippen molar-refractivity contribution >= 4 is 95.6 Å². The molecule has 50 heavy (non-hydrogen) atoms. The minimum atomic E-state index is -4.67. The van der Waals surface area contributed by atoms with Crippen molar-refractivity contribution in [3.8, 4) is 11.1 Å². The van der Waals surface area contributed by atoms with Gasteiger partial charge in [0.1, 0.15) is 17.6 Å². The minimum absolute atomic E-state index is 0.0781. The Labute approximate surface area is 308 Å². The molecule has 5 rings (SSSR count). The summed E-state index contributed by atoms with van der Waals surface area (Å²) in [6.07, 6.45) is 1.33. The van der Waals surface area contributed by atoms with Crippen molar-refractivity contribution in [1.29, 1.82) is 0 Å². The van der Waals surface area contributed by atoms with Crippen LogP contribution in [0.15, 0.2) is 105 Å². The Morgan fingerprint density at radius 2 is 1.56 bits per heavy atom. The van der Waals surface area contributed by atoms with E-state index < -0.39 is 61.1 Å². The van der Waals surface area contributed by atoms with Crippen molar-refractivity contribution in [3.05, 3.63) is 132 Å². The number of nitrogens with zero attached hydrogens (tertiary/aromatic N) is 2. The second-order valence-electron chi connectivity index (χ2n) is 10.7. The molecule has 1 heterocycles. The van der Waals surface area contributed by atoms with Crippen molar-refractivity contribution in [2.45, 2.75) is 17.4 Å². The topological polar surface area (TPSA) is 173 Å². The van der Waals surface area contributed by atoms with Gasteiger partial charge in [0.15, 0.2) is 0 Å². The Morgan fingerprint density at radius 1 is 0.940 bits per heavy atom. The van der Waals surface area contributed by atoms with Gasteiger partial charge in [-0.25, -0.2) is 13.1 Å². The fourth-order valence-electron chi connectivity index (χ4n) is 4.71. The number of benzene rings is 4. The quantitative estimate of drug-likeness (QED) is 0.0961. The number of halogens is 3. The lowest BCUT2D eigenvalue weighted by Gasteiger charge is -2.20. The molecule has 4 aromatic rings. The summed E-state index contributed by atoms with van der Waals surface area (Å²) in [6, 6.07) is 22.3. The van der Waals surface area contributed by atoms with Gasteiger partial charge in [-0.3, -0.25) is 34.2 Å². The Bertz CT molecular complexity index is 2150. The van der Waals surface area contributed by atoms with Gasteiger partial charge in [-0.05, 0) is 76.5 Å². The van der Waals surface area contributed by atoms with Crippen molar-refractivity contribution in [1.82, 2.24) is 14.9 Å². The molecule has 4 amide bonds. The van der Waals surface area contributed by atoms with Gasteiger partial charge in [0.25, 0.3) is 32.8 Å². The molecule has 1 saturated heterocycles. The van der Waals surface area contributed by atoms with Gasteiger partial charge in [-0.1, -0.05) is 87.7 Å². The van der Waals surface area contributed by atoms with Crippen molar-refractivity contribution in [3.63, 3.8) is 0 Å². The van der Waals surface area contributed by atoms with Crippen LogP contribution in [0.2, 0.25) is 10.0 Å². The molecule has 1 atom stereocenters. The molecule has 0 spiro atoms. The highest BCUT2D eigenvalue weighted by atomic mass is 79.9. The van der Waals surface area contributed by atoms with Crippen molar-refractivity contribution < 1.29 is 32.5 Å². The van der Waals surface area contributed by atoms with Gasteiger partial charge in [-0.2, -0.15) is 0 Å². The lowest BCUT2D eigenvalue weighted by molar-refractivity contribution is -0.384. The summed E-state index contributed by atoms with van der Waals surface area (Å²) in [5, 5.41) is 13.3. The monoisotopic (exact) mass is 816 g/mol. The zero-order chi connectivity index (χ0) is 36.2. The number of hydrogen-bond acceptors (Lipinski definition) is 9. The standard InChI is InChI=1S/C33H23BrCl2N4O8S2/c34-23-9-3-19(4-10-23)15-27(31(42)38-50(47,48)25-13-14-26(36)28(17-25)40(45)46)37-30(41)18-39-32(43)29(49-33(39)44)16-20-1-5-21(6-2-20)22-7-11-24(35)12-8-22/h1-14,16-17,27H,15,18H2,(H,37,41)(H,38,42)/t27-/m0/s1. The van der Waals surface area contributed by atoms with Gasteiger partial charge in [0.2, 0.25) is 5.91 Å². The number of thioether (sulfide) groups is 1. The Balaban J connectivity index is 1.30. The van der Waals surface area contributed by atoms with Crippen molar-refractivity contribution in [2.75, 3.05) is 6.54 Å². The zero-order valence-electron chi connectivity index (χ0n) is 25.3. The first kappa shape index (κ1) is 36.7. The van der Waals surface area contributed by atoms with Gasteiger partial charge in [0.05, 0.1) is 14.7 Å². The zero-order valence-corrected chi connectivity index (χ0v) is 30.1. The second kappa shape index (κ2) is 15.6. The first-order valence-corrected chi connectivity index (χ1v) is 18.2. The highest BCUT2D eigenvalue weighted by molar-refractivity contribution is 9.10. The number of nitro benzene ring substituents is 1. The second-order valence-corrected chi connectivity index (χ2v) is 15.1. The maximum Gasteiger partial charge on any atom is 0.294 e. The summed E-state index contributed by atoms with van der Waals surface area (Å²) in [7, 11) is -4.67. The van der Waals surface area contributed by atoms with Crippen LogP contribution in [0.4, 0.5) is 10.5 Å². The summed E-state index contributed by atoms with van der Waals surface area (Å²) in [6.45, 7) is -0.752. The number of amides is 4. The lowest BCUT2D eigenvalue weighted by atomic mass is 10.0. The predicted molar refractivity (Wildman–Crippen MR) is 193 cm³/mol. The molecule has 1 aliphatic rings. The highest BCUT2D eigenvalue weighted by Gasteiger charge is 2.37. The summed E-state index contributed by atoms with van der Waals surface area (Å²) in [5.41, 5.74) is 2.32. The van der Waals surface area contributed by atoms with Gasteiger partial charge < -0.3 is 5.32 Å². The number of imide groups is 1. The van der Waals surface area contributed by atoms with E-state index >= 15 is 0 Å². The van der Waals surface area contributed by atoms with Crippen LogP contribution < -0.4 is 10.0 Å².